The molecule has 0 fully saturated rings. The molecule has 2 aromatic carbocycles. The number of ether oxygens (including phenoxy) is 5. The van der Waals surface area contributed by atoms with E-state index >= 15 is 26.3 Å². The van der Waals surface area contributed by atoms with Gasteiger partial charge < -0.3 is 28.1 Å². The minimum absolute atomic E-state index is 0.0617. The number of carbonyl (C=O) groups excluding carboxylic acids is 2. The summed E-state index contributed by atoms with van der Waals surface area (Å²) in [4.78, 5) is 31.8. The lowest BCUT2D eigenvalue weighted by atomic mass is 9.96. The second kappa shape index (κ2) is 19.8. The summed E-state index contributed by atoms with van der Waals surface area (Å²) in [6, 6.07) is 17.1. The molecular weight excluding hydrogens is 814 g/mol. The van der Waals surface area contributed by atoms with E-state index in [9.17, 15) is 9.59 Å². The van der Waals surface area contributed by atoms with Crippen molar-refractivity contribution in [1.82, 2.24) is 15.2 Å². The van der Waals surface area contributed by atoms with Gasteiger partial charge in [0.2, 0.25) is 11.5 Å². The summed E-state index contributed by atoms with van der Waals surface area (Å²) in [5, 5.41) is 7.46. The Morgan fingerprint density at radius 1 is 0.803 bits per heavy atom. The van der Waals surface area contributed by atoms with E-state index in [0.29, 0.717) is 11.6 Å². The molecule has 12 nitrogen and oxygen atoms in total. The highest BCUT2D eigenvalue weighted by molar-refractivity contribution is 6.11. The first-order chi connectivity index (χ1) is 28.5. The van der Waals surface area contributed by atoms with Crippen molar-refractivity contribution in [2.24, 2.45) is 0 Å². The summed E-state index contributed by atoms with van der Waals surface area (Å²) < 4.78 is 125. The number of halogens is 6. The van der Waals surface area contributed by atoms with Gasteiger partial charge in [-0.1, -0.05) is 72.8 Å². The van der Waals surface area contributed by atoms with Gasteiger partial charge in [0.15, 0.2) is 5.69 Å². The van der Waals surface area contributed by atoms with Crippen molar-refractivity contribution < 1.29 is 64.0 Å². The number of imide groups is 1. The molecule has 0 aliphatic rings. The van der Waals surface area contributed by atoms with Crippen LogP contribution in [0, 0.1) is 0 Å². The third-order valence-corrected chi connectivity index (χ3v) is 8.25. The molecule has 0 spiro atoms. The summed E-state index contributed by atoms with van der Waals surface area (Å²) >= 11 is 0. The SMILES string of the molecule is C=CCC[C@@](OCc1ccccc1)(c1nnc(-c2nc(O[C@H](CC=C)COCc3ccccc3)c(C(F)(F)F)cc2N(C(=O)OC(C)(C)C)C(=O)OC(C)(C)C)o1)C(F)(F)F. The minimum Gasteiger partial charge on any atom is -0.471 e. The minimum atomic E-state index is -5.28. The van der Waals surface area contributed by atoms with E-state index < -0.39 is 95.1 Å². The summed E-state index contributed by atoms with van der Waals surface area (Å²) in [6.07, 6.45) is -13.3. The van der Waals surface area contributed by atoms with E-state index in [4.69, 9.17) is 28.1 Å². The summed E-state index contributed by atoms with van der Waals surface area (Å²) in [5.74, 6) is -3.26. The van der Waals surface area contributed by atoms with Crippen LogP contribution in [0.5, 0.6) is 5.88 Å². The molecule has 0 saturated heterocycles. The summed E-state index contributed by atoms with van der Waals surface area (Å²) in [5.41, 5.74) is -8.34. The fraction of sp³-hybridized carbons (Fsp3) is 0.419. The summed E-state index contributed by atoms with van der Waals surface area (Å²) in [7, 11) is 0. The molecule has 4 rings (SSSR count). The van der Waals surface area contributed by atoms with Crippen molar-refractivity contribution in [1.29, 1.82) is 0 Å². The van der Waals surface area contributed by atoms with Crippen molar-refractivity contribution in [2.75, 3.05) is 11.5 Å². The number of hydrogen-bond donors (Lipinski definition) is 0. The Morgan fingerprint density at radius 3 is 1.85 bits per heavy atom. The normalized spacial score (nSPS) is 13.8. The van der Waals surface area contributed by atoms with Crippen LogP contribution in [-0.4, -0.2) is 57.5 Å². The lowest BCUT2D eigenvalue weighted by molar-refractivity contribution is -0.299. The lowest BCUT2D eigenvalue weighted by Gasteiger charge is -2.32. The molecule has 2 heterocycles. The largest absolute Gasteiger partial charge is 0.471 e. The standard InChI is InChI=1S/C43H48F6N4O8/c1-9-11-23-41(43(47,48)49,57-26-29-21-16-13-17-22-29)36-52-51-35(59-36)33-32(53(37(54)60-39(3,4)5)38(55)61-40(6,7)8)24-31(42(44,45)46)34(50-33)58-30(18-10-2)27-56-25-28-19-14-12-15-20-28/h9-10,12-17,19-22,24,30H,1-2,11,18,23,25-27H2,3-8H3/t30-,41-/m1/s1. The first kappa shape index (κ1) is 47.9. The highest BCUT2D eigenvalue weighted by Crippen LogP contribution is 2.48. The molecule has 0 bridgehead atoms. The Balaban J connectivity index is 1.99. The number of carbonyl (C=O) groups is 2. The maximum absolute atomic E-state index is 15.3. The number of allylic oxidation sites excluding steroid dienone is 1. The number of rotatable bonds is 17. The predicted molar refractivity (Wildman–Crippen MR) is 211 cm³/mol. The van der Waals surface area contributed by atoms with Gasteiger partial charge in [-0.15, -0.1) is 23.4 Å². The van der Waals surface area contributed by atoms with Gasteiger partial charge in [0, 0.05) is 6.42 Å². The molecule has 2 amide bonds. The fourth-order valence-corrected chi connectivity index (χ4v) is 5.52. The second-order valence-electron chi connectivity index (χ2n) is 15.6. The Labute approximate surface area is 349 Å². The van der Waals surface area contributed by atoms with E-state index in [1.54, 1.807) is 48.5 Å². The number of anilines is 1. The van der Waals surface area contributed by atoms with Crippen molar-refractivity contribution in [3.8, 4) is 17.5 Å². The number of nitrogens with zero attached hydrogens (tertiary/aromatic N) is 4. The third kappa shape index (κ3) is 13.1. The number of pyridine rings is 1. The van der Waals surface area contributed by atoms with E-state index in [1.165, 1.54) is 65.8 Å². The van der Waals surface area contributed by atoms with E-state index in [0.717, 1.165) is 5.56 Å². The zero-order valence-electron chi connectivity index (χ0n) is 34.6. The number of amides is 2. The molecular formula is C43H48F6N4O8. The Hall–Kier alpha value is -5.75. The van der Waals surface area contributed by atoms with Gasteiger partial charge in [-0.05, 0) is 71.6 Å². The second-order valence-corrected chi connectivity index (χ2v) is 15.6. The fourth-order valence-electron chi connectivity index (χ4n) is 5.52. The molecule has 0 aliphatic heterocycles. The van der Waals surface area contributed by atoms with Crippen molar-refractivity contribution in [2.45, 2.75) is 109 Å². The molecule has 0 N–H and O–H groups in total. The highest BCUT2D eigenvalue weighted by Gasteiger charge is 2.61. The van der Waals surface area contributed by atoms with Gasteiger partial charge >= 0.3 is 24.5 Å². The molecule has 4 aromatic rings. The smallest absolute Gasteiger partial charge is 0.426 e. The maximum atomic E-state index is 15.3. The molecule has 2 aromatic heterocycles. The van der Waals surface area contributed by atoms with E-state index in [1.807, 2.05) is 0 Å². The van der Waals surface area contributed by atoms with Gasteiger partial charge in [-0.25, -0.2) is 14.6 Å². The first-order valence-electron chi connectivity index (χ1n) is 19.0. The van der Waals surface area contributed by atoms with Crippen molar-refractivity contribution in [3.05, 3.63) is 115 Å². The molecule has 0 unspecified atom stereocenters. The van der Waals surface area contributed by atoms with Gasteiger partial charge in [-0.3, -0.25) is 0 Å². The zero-order valence-corrected chi connectivity index (χ0v) is 34.6. The molecule has 18 heteroatoms. The van der Waals surface area contributed by atoms with Gasteiger partial charge in [0.05, 0.1) is 25.5 Å². The first-order valence-corrected chi connectivity index (χ1v) is 19.0. The van der Waals surface area contributed by atoms with Crippen LogP contribution in [0.4, 0.5) is 41.6 Å². The van der Waals surface area contributed by atoms with Crippen LogP contribution in [0.25, 0.3) is 11.6 Å². The lowest BCUT2D eigenvalue weighted by Crippen LogP contribution is -2.45. The molecule has 2 atom stereocenters. The maximum Gasteiger partial charge on any atom is 0.426 e. The topological polar surface area (TPSA) is 135 Å². The average Bonchev–Trinajstić information content (AvgIpc) is 3.64. The number of benzene rings is 2. The van der Waals surface area contributed by atoms with Crippen LogP contribution >= 0.6 is 0 Å². The van der Waals surface area contributed by atoms with E-state index in [-0.39, 0.29) is 31.0 Å². The molecule has 0 saturated carbocycles. The molecule has 0 aliphatic carbocycles. The Bertz CT molecular complexity index is 2070. The monoisotopic (exact) mass is 862 g/mol. The van der Waals surface area contributed by atoms with Crippen molar-refractivity contribution >= 4 is 17.9 Å². The quantitative estimate of drug-likeness (QED) is 0.0741. The van der Waals surface area contributed by atoms with Crippen LogP contribution < -0.4 is 9.64 Å². The molecule has 61 heavy (non-hydrogen) atoms. The van der Waals surface area contributed by atoms with Gasteiger partial charge in [0.25, 0.3) is 11.8 Å². The number of hydrogen-bond acceptors (Lipinski definition) is 11. The van der Waals surface area contributed by atoms with Gasteiger partial charge in [0.1, 0.15) is 22.9 Å². The van der Waals surface area contributed by atoms with Crippen LogP contribution in [0.2, 0.25) is 0 Å². The Kier molecular flexibility index (Phi) is 15.5. The highest BCUT2D eigenvalue weighted by atomic mass is 19.4. The van der Waals surface area contributed by atoms with Crippen molar-refractivity contribution in [3.63, 3.8) is 0 Å². The zero-order chi connectivity index (χ0) is 45.2. The molecule has 0 radical (unpaired) electrons. The van der Waals surface area contributed by atoms with Crippen LogP contribution in [0.1, 0.15) is 83.4 Å². The number of aromatic nitrogens is 3. The summed E-state index contributed by atoms with van der Waals surface area (Å²) in [6.45, 7) is 14.9. The third-order valence-electron chi connectivity index (χ3n) is 8.25. The van der Waals surface area contributed by atoms with Gasteiger partial charge in [-0.2, -0.15) is 31.2 Å². The average molecular weight is 863 g/mol. The van der Waals surface area contributed by atoms with E-state index in [2.05, 4.69) is 28.3 Å². The Morgan fingerprint density at radius 2 is 1.36 bits per heavy atom. The molecule has 330 valence electrons. The number of alkyl halides is 6. The van der Waals surface area contributed by atoms with Crippen LogP contribution in [-0.2, 0) is 43.9 Å². The predicted octanol–water partition coefficient (Wildman–Crippen LogP) is 11.3. The van der Waals surface area contributed by atoms with Crippen LogP contribution in [0.3, 0.4) is 0 Å². The van der Waals surface area contributed by atoms with Crippen LogP contribution in [0.15, 0.2) is 96.5 Å².